The first-order valence-corrected chi connectivity index (χ1v) is 3.91. The molecular formula is C7H12N2O3. The minimum Gasteiger partial charge on any atom is -0.480 e. The molecule has 1 aliphatic rings. The number of carbonyl (C=O) groups is 2. The smallest absolute Gasteiger partial charge is 0.321 e. The van der Waals surface area contributed by atoms with Crippen LogP contribution in [0.15, 0.2) is 0 Å². The minimum atomic E-state index is -0.969. The van der Waals surface area contributed by atoms with Crippen LogP contribution in [0, 0.1) is 0 Å². The Morgan fingerprint density at radius 2 is 2.42 bits per heavy atom. The normalized spacial score (nSPS) is 29.6. The molecule has 0 spiro atoms. The molecular weight excluding hydrogens is 160 g/mol. The van der Waals surface area contributed by atoms with Crippen molar-refractivity contribution in [2.24, 2.45) is 0 Å². The third-order valence-corrected chi connectivity index (χ3v) is 1.83. The van der Waals surface area contributed by atoms with E-state index in [2.05, 4.69) is 10.6 Å². The number of carbonyl (C=O) groups excluding carboxylic acids is 1. The fraction of sp³-hybridized carbons (Fsp3) is 0.714. The molecule has 2 atom stereocenters. The Balaban J connectivity index is 2.56. The first-order chi connectivity index (χ1) is 5.63. The Kier molecular flexibility index (Phi) is 2.65. The number of aliphatic carboxylic acids is 1. The van der Waals surface area contributed by atoms with Gasteiger partial charge in [0.1, 0.15) is 6.04 Å². The summed E-state index contributed by atoms with van der Waals surface area (Å²) in [5.41, 5.74) is 0. The molecule has 12 heavy (non-hydrogen) atoms. The molecule has 1 aliphatic heterocycles. The molecule has 5 nitrogen and oxygen atoms in total. The van der Waals surface area contributed by atoms with Crippen molar-refractivity contribution >= 4 is 11.9 Å². The van der Waals surface area contributed by atoms with E-state index in [0.717, 1.165) is 0 Å². The predicted molar refractivity (Wildman–Crippen MR) is 41.4 cm³/mol. The molecule has 1 amide bonds. The van der Waals surface area contributed by atoms with Gasteiger partial charge in [-0.3, -0.25) is 14.9 Å². The lowest BCUT2D eigenvalue weighted by Crippen LogP contribution is -2.58. The van der Waals surface area contributed by atoms with Gasteiger partial charge in [-0.2, -0.15) is 0 Å². The van der Waals surface area contributed by atoms with Crippen molar-refractivity contribution in [3.8, 4) is 0 Å². The number of carboxylic acids is 1. The summed E-state index contributed by atoms with van der Waals surface area (Å²) in [5, 5.41) is 14.1. The highest BCUT2D eigenvalue weighted by Crippen LogP contribution is 2.02. The summed E-state index contributed by atoms with van der Waals surface area (Å²) >= 11 is 0. The largest absolute Gasteiger partial charge is 0.480 e. The van der Waals surface area contributed by atoms with Gasteiger partial charge in [0.05, 0.1) is 12.6 Å². The van der Waals surface area contributed by atoms with E-state index in [1.165, 1.54) is 0 Å². The van der Waals surface area contributed by atoms with Crippen LogP contribution in [0.5, 0.6) is 0 Å². The fourth-order valence-corrected chi connectivity index (χ4v) is 1.16. The first kappa shape index (κ1) is 8.99. The molecule has 0 bridgehead atoms. The summed E-state index contributed by atoms with van der Waals surface area (Å²) in [4.78, 5) is 21.5. The van der Waals surface area contributed by atoms with Gasteiger partial charge in [-0.1, -0.05) is 6.92 Å². The highest BCUT2D eigenvalue weighted by Gasteiger charge is 2.29. The summed E-state index contributed by atoms with van der Waals surface area (Å²) in [6.45, 7) is 1.88. The quantitative estimate of drug-likeness (QED) is 0.514. The molecule has 0 aliphatic carbocycles. The number of nitrogens with one attached hydrogen (secondary N) is 2. The van der Waals surface area contributed by atoms with Gasteiger partial charge in [-0.05, 0) is 6.42 Å². The van der Waals surface area contributed by atoms with Gasteiger partial charge in [0, 0.05) is 0 Å². The van der Waals surface area contributed by atoms with Gasteiger partial charge in [0.25, 0.3) is 0 Å². The molecule has 0 aromatic heterocycles. The Morgan fingerprint density at radius 3 is 2.92 bits per heavy atom. The van der Waals surface area contributed by atoms with Gasteiger partial charge in [0.2, 0.25) is 5.91 Å². The standard InChI is InChI=1S/C7H12N2O3/c1-2-5-8-4(7(11)12)3-6(10)9-5/h4-5,8H,2-3H2,1H3,(H,9,10)(H,11,12). The summed E-state index contributed by atoms with van der Waals surface area (Å²) in [7, 11) is 0. The van der Waals surface area contributed by atoms with Crippen LogP contribution in [0.4, 0.5) is 0 Å². The van der Waals surface area contributed by atoms with Gasteiger partial charge in [-0.25, -0.2) is 0 Å². The molecule has 0 aromatic carbocycles. The number of rotatable bonds is 2. The molecule has 1 fully saturated rings. The van der Waals surface area contributed by atoms with Crippen LogP contribution in [0.1, 0.15) is 19.8 Å². The van der Waals surface area contributed by atoms with E-state index < -0.39 is 12.0 Å². The van der Waals surface area contributed by atoms with Gasteiger partial charge < -0.3 is 10.4 Å². The third-order valence-electron chi connectivity index (χ3n) is 1.83. The molecule has 1 heterocycles. The molecule has 0 aromatic rings. The first-order valence-electron chi connectivity index (χ1n) is 3.91. The van der Waals surface area contributed by atoms with E-state index in [1.54, 1.807) is 0 Å². The predicted octanol–water partition coefficient (Wildman–Crippen LogP) is -0.715. The Morgan fingerprint density at radius 1 is 1.75 bits per heavy atom. The van der Waals surface area contributed by atoms with Crippen molar-refractivity contribution in [1.82, 2.24) is 10.6 Å². The van der Waals surface area contributed by atoms with Gasteiger partial charge in [0.15, 0.2) is 0 Å². The van der Waals surface area contributed by atoms with Crippen molar-refractivity contribution in [3.63, 3.8) is 0 Å². The molecule has 0 saturated carbocycles. The maximum atomic E-state index is 10.9. The van der Waals surface area contributed by atoms with Crippen LogP contribution in [-0.2, 0) is 9.59 Å². The monoisotopic (exact) mass is 172 g/mol. The molecule has 5 heteroatoms. The lowest BCUT2D eigenvalue weighted by atomic mass is 10.1. The van der Waals surface area contributed by atoms with E-state index in [4.69, 9.17) is 5.11 Å². The Bertz CT molecular complexity index is 205. The van der Waals surface area contributed by atoms with E-state index in [9.17, 15) is 9.59 Å². The maximum Gasteiger partial charge on any atom is 0.321 e. The van der Waals surface area contributed by atoms with Crippen molar-refractivity contribution in [2.75, 3.05) is 0 Å². The number of carboxylic acid groups (broad SMARTS) is 1. The van der Waals surface area contributed by atoms with Gasteiger partial charge in [-0.15, -0.1) is 0 Å². The topological polar surface area (TPSA) is 78.4 Å². The van der Waals surface area contributed by atoms with Crippen LogP contribution in [0.2, 0.25) is 0 Å². The molecule has 0 radical (unpaired) electrons. The molecule has 2 unspecified atom stereocenters. The molecule has 68 valence electrons. The van der Waals surface area contributed by atoms with Gasteiger partial charge >= 0.3 is 5.97 Å². The summed E-state index contributed by atoms with van der Waals surface area (Å²) in [6.07, 6.45) is 0.508. The summed E-state index contributed by atoms with van der Waals surface area (Å²) in [6, 6.07) is -0.733. The molecule has 3 N–H and O–H groups in total. The second kappa shape index (κ2) is 3.53. The summed E-state index contributed by atoms with van der Waals surface area (Å²) < 4.78 is 0. The van der Waals surface area contributed by atoms with Crippen LogP contribution < -0.4 is 10.6 Å². The average Bonchev–Trinajstić information content (AvgIpc) is 2.03. The average molecular weight is 172 g/mol. The molecule has 1 saturated heterocycles. The van der Waals surface area contributed by atoms with E-state index in [1.807, 2.05) is 6.92 Å². The van der Waals surface area contributed by atoms with Crippen molar-refractivity contribution in [2.45, 2.75) is 32.0 Å². The van der Waals surface area contributed by atoms with Crippen LogP contribution in [-0.4, -0.2) is 29.2 Å². The minimum absolute atomic E-state index is 0.0197. The van der Waals surface area contributed by atoms with E-state index >= 15 is 0 Å². The van der Waals surface area contributed by atoms with Crippen molar-refractivity contribution in [1.29, 1.82) is 0 Å². The molecule has 1 rings (SSSR count). The Hall–Kier alpha value is -1.10. The number of hydrogen-bond acceptors (Lipinski definition) is 3. The fourth-order valence-electron chi connectivity index (χ4n) is 1.16. The Labute approximate surface area is 70.1 Å². The zero-order valence-electron chi connectivity index (χ0n) is 6.83. The lowest BCUT2D eigenvalue weighted by molar-refractivity contribution is -0.143. The highest BCUT2D eigenvalue weighted by molar-refractivity contribution is 5.85. The number of hydrogen-bond donors (Lipinski definition) is 3. The summed E-state index contributed by atoms with van der Waals surface area (Å²) in [5.74, 6) is -1.17. The highest BCUT2D eigenvalue weighted by atomic mass is 16.4. The maximum absolute atomic E-state index is 10.9. The van der Waals surface area contributed by atoms with Crippen molar-refractivity contribution < 1.29 is 14.7 Å². The number of amides is 1. The van der Waals surface area contributed by atoms with E-state index in [0.29, 0.717) is 6.42 Å². The van der Waals surface area contributed by atoms with Crippen LogP contribution in [0.25, 0.3) is 0 Å². The lowest BCUT2D eigenvalue weighted by Gasteiger charge is -2.28. The van der Waals surface area contributed by atoms with Crippen LogP contribution in [0.3, 0.4) is 0 Å². The van der Waals surface area contributed by atoms with Crippen molar-refractivity contribution in [3.05, 3.63) is 0 Å². The van der Waals surface area contributed by atoms with E-state index in [-0.39, 0.29) is 18.5 Å². The second-order valence-corrected chi connectivity index (χ2v) is 2.79. The zero-order valence-corrected chi connectivity index (χ0v) is 6.83. The van der Waals surface area contributed by atoms with Crippen LogP contribution >= 0.6 is 0 Å². The SMILES string of the molecule is CCC1NC(=O)CC(C(=O)O)N1. The second-order valence-electron chi connectivity index (χ2n) is 2.79. The third kappa shape index (κ3) is 1.94. The zero-order chi connectivity index (χ0) is 9.14.